The number of anilines is 1. The minimum Gasteiger partial charge on any atom is -0.268 e. The third kappa shape index (κ3) is 2.62. The molecule has 2 aromatic carbocycles. The molecule has 3 rings (SSSR count). The molecule has 0 fully saturated rings. The number of benzene rings is 2. The summed E-state index contributed by atoms with van der Waals surface area (Å²) in [7, 11) is 0. The first-order chi connectivity index (χ1) is 11.3. The third-order valence-corrected chi connectivity index (χ3v) is 4.62. The second kappa shape index (κ2) is 6.04. The predicted molar refractivity (Wildman–Crippen MR) is 92.6 cm³/mol. The number of hydrogen-bond acceptors (Lipinski definition) is 2. The van der Waals surface area contributed by atoms with E-state index in [1.807, 2.05) is 19.9 Å². The Kier molecular flexibility index (Phi) is 4.20. The van der Waals surface area contributed by atoms with Gasteiger partial charge in [-0.2, -0.15) is 0 Å². The minimum atomic E-state index is -0.655. The zero-order valence-electron chi connectivity index (χ0n) is 12.9. The average Bonchev–Trinajstić information content (AvgIpc) is 2.75. The molecule has 0 saturated heterocycles. The van der Waals surface area contributed by atoms with E-state index in [1.165, 1.54) is 12.1 Å². The van der Waals surface area contributed by atoms with Crippen molar-refractivity contribution in [1.82, 2.24) is 0 Å². The molecule has 0 bridgehead atoms. The highest BCUT2D eigenvalue weighted by molar-refractivity contribution is 6.60. The van der Waals surface area contributed by atoms with Gasteiger partial charge in [-0.3, -0.25) is 9.59 Å². The van der Waals surface area contributed by atoms with Crippen LogP contribution < -0.4 is 4.90 Å². The fourth-order valence-corrected chi connectivity index (χ4v) is 2.96. The predicted octanol–water partition coefficient (Wildman–Crippen LogP) is 4.62. The first-order valence-electron chi connectivity index (χ1n) is 7.12. The third-order valence-electron chi connectivity index (χ3n) is 3.98. The average molecular weight is 364 g/mol. The topological polar surface area (TPSA) is 37.4 Å². The minimum absolute atomic E-state index is 0.130. The van der Waals surface area contributed by atoms with Gasteiger partial charge in [0.1, 0.15) is 10.8 Å². The molecule has 122 valence electrons. The van der Waals surface area contributed by atoms with Crippen molar-refractivity contribution in [3.8, 4) is 0 Å². The van der Waals surface area contributed by atoms with Gasteiger partial charge in [-0.25, -0.2) is 9.29 Å². The summed E-state index contributed by atoms with van der Waals surface area (Å²) in [6, 6.07) is 9.04. The molecule has 1 aliphatic rings. The molecule has 0 unspecified atom stereocenters. The van der Waals surface area contributed by atoms with E-state index < -0.39 is 17.6 Å². The summed E-state index contributed by atoms with van der Waals surface area (Å²) >= 11 is 11.9. The van der Waals surface area contributed by atoms with Crippen molar-refractivity contribution >= 4 is 46.3 Å². The van der Waals surface area contributed by atoms with E-state index in [1.54, 1.807) is 12.1 Å². The van der Waals surface area contributed by atoms with Gasteiger partial charge in [-0.1, -0.05) is 41.4 Å². The molecule has 0 aliphatic carbocycles. The van der Waals surface area contributed by atoms with Crippen LogP contribution in [0, 0.1) is 19.7 Å². The molecule has 1 aliphatic heterocycles. The number of aryl methyl sites for hydroxylation is 2. The Morgan fingerprint density at radius 2 is 1.62 bits per heavy atom. The zero-order chi connectivity index (χ0) is 17.6. The van der Waals surface area contributed by atoms with Gasteiger partial charge in [0.2, 0.25) is 0 Å². The van der Waals surface area contributed by atoms with Gasteiger partial charge < -0.3 is 0 Å². The monoisotopic (exact) mass is 363 g/mol. The van der Waals surface area contributed by atoms with Gasteiger partial charge in [0.05, 0.1) is 16.3 Å². The number of halogens is 3. The van der Waals surface area contributed by atoms with Gasteiger partial charge >= 0.3 is 0 Å². The van der Waals surface area contributed by atoms with Crippen molar-refractivity contribution in [2.75, 3.05) is 4.90 Å². The molecule has 0 saturated carbocycles. The van der Waals surface area contributed by atoms with E-state index in [9.17, 15) is 14.0 Å². The summed E-state index contributed by atoms with van der Waals surface area (Å²) in [5.74, 6) is -1.85. The van der Waals surface area contributed by atoms with Crippen molar-refractivity contribution in [3.63, 3.8) is 0 Å². The van der Waals surface area contributed by atoms with Gasteiger partial charge in [0.15, 0.2) is 0 Å². The van der Waals surface area contributed by atoms with Crippen LogP contribution in [0.25, 0.3) is 5.57 Å². The van der Waals surface area contributed by atoms with Crippen LogP contribution in [0.1, 0.15) is 16.7 Å². The second-order valence-electron chi connectivity index (χ2n) is 5.53. The Labute approximate surface area is 148 Å². The highest BCUT2D eigenvalue weighted by atomic mass is 35.5. The Morgan fingerprint density at radius 1 is 0.917 bits per heavy atom. The van der Waals surface area contributed by atoms with Crippen molar-refractivity contribution in [2.45, 2.75) is 13.8 Å². The molecule has 1 heterocycles. The molecule has 0 spiro atoms. The molecule has 24 heavy (non-hydrogen) atoms. The lowest BCUT2D eigenvalue weighted by Crippen LogP contribution is -2.31. The maximum Gasteiger partial charge on any atom is 0.277 e. The van der Waals surface area contributed by atoms with E-state index in [0.717, 1.165) is 22.1 Å². The van der Waals surface area contributed by atoms with E-state index in [4.69, 9.17) is 23.2 Å². The standard InChI is InChI=1S/C18H12Cl2FNO2/c1-9-3-4-11(7-10(9)2)15-16(20)18(24)22(17(15)23)12-5-6-14(21)13(19)8-12/h3-8H,1-2H3. The SMILES string of the molecule is Cc1ccc(C2=C(Cl)C(=O)N(c3ccc(F)c(Cl)c3)C2=O)cc1C. The first-order valence-corrected chi connectivity index (χ1v) is 7.88. The Morgan fingerprint density at radius 3 is 2.25 bits per heavy atom. The van der Waals surface area contributed by atoms with Crippen LogP contribution >= 0.6 is 23.2 Å². The van der Waals surface area contributed by atoms with E-state index >= 15 is 0 Å². The number of carbonyl (C=O) groups excluding carboxylic acids is 2. The van der Waals surface area contributed by atoms with Gasteiger partial charge in [-0.15, -0.1) is 0 Å². The normalized spacial score (nSPS) is 14.8. The summed E-state index contributed by atoms with van der Waals surface area (Å²) < 4.78 is 13.3. The lowest BCUT2D eigenvalue weighted by atomic mass is 10.0. The molecule has 6 heteroatoms. The molecule has 0 radical (unpaired) electrons. The molecular formula is C18H12Cl2FNO2. The van der Waals surface area contributed by atoms with Crippen LogP contribution in [0.15, 0.2) is 41.4 Å². The maximum atomic E-state index is 13.3. The van der Waals surface area contributed by atoms with Crippen molar-refractivity contribution in [1.29, 1.82) is 0 Å². The van der Waals surface area contributed by atoms with Gasteiger partial charge in [-0.05, 0) is 48.7 Å². The Balaban J connectivity index is 2.07. The number of carbonyl (C=O) groups is 2. The number of nitrogens with zero attached hydrogens (tertiary/aromatic N) is 1. The lowest BCUT2D eigenvalue weighted by molar-refractivity contribution is -0.119. The van der Waals surface area contributed by atoms with Gasteiger partial charge in [0, 0.05) is 0 Å². The summed E-state index contributed by atoms with van der Waals surface area (Å²) in [6.45, 7) is 3.86. The molecule has 0 aromatic heterocycles. The fraction of sp³-hybridized carbons (Fsp3) is 0.111. The molecule has 2 amide bonds. The largest absolute Gasteiger partial charge is 0.277 e. The Bertz CT molecular complexity index is 921. The quantitative estimate of drug-likeness (QED) is 0.730. The van der Waals surface area contributed by atoms with E-state index in [-0.39, 0.29) is 21.3 Å². The van der Waals surface area contributed by atoms with Crippen molar-refractivity contribution < 1.29 is 14.0 Å². The molecule has 2 aromatic rings. The van der Waals surface area contributed by atoms with Crippen LogP contribution in [0.2, 0.25) is 5.02 Å². The molecule has 0 N–H and O–H groups in total. The van der Waals surface area contributed by atoms with Crippen LogP contribution in [0.5, 0.6) is 0 Å². The van der Waals surface area contributed by atoms with Crippen molar-refractivity contribution in [3.05, 3.63) is 69.0 Å². The fourth-order valence-electron chi connectivity index (χ4n) is 2.51. The highest BCUT2D eigenvalue weighted by Crippen LogP contribution is 2.36. The van der Waals surface area contributed by atoms with Crippen LogP contribution in [-0.4, -0.2) is 11.8 Å². The first kappa shape index (κ1) is 16.7. The van der Waals surface area contributed by atoms with E-state index in [2.05, 4.69) is 0 Å². The smallest absolute Gasteiger partial charge is 0.268 e. The number of imide groups is 1. The van der Waals surface area contributed by atoms with Gasteiger partial charge in [0.25, 0.3) is 11.8 Å². The Hall–Kier alpha value is -2.17. The van der Waals surface area contributed by atoms with Crippen LogP contribution in [0.4, 0.5) is 10.1 Å². The molecule has 0 atom stereocenters. The highest BCUT2D eigenvalue weighted by Gasteiger charge is 2.39. The summed E-state index contributed by atoms with van der Waals surface area (Å²) in [5.41, 5.74) is 2.91. The van der Waals surface area contributed by atoms with Crippen LogP contribution in [-0.2, 0) is 9.59 Å². The summed E-state index contributed by atoms with van der Waals surface area (Å²) in [5, 5.41) is -0.340. The number of amides is 2. The van der Waals surface area contributed by atoms with Crippen molar-refractivity contribution in [2.24, 2.45) is 0 Å². The lowest BCUT2D eigenvalue weighted by Gasteiger charge is -2.15. The molecular weight excluding hydrogens is 352 g/mol. The number of rotatable bonds is 2. The van der Waals surface area contributed by atoms with E-state index in [0.29, 0.717) is 5.56 Å². The second-order valence-corrected chi connectivity index (χ2v) is 6.32. The zero-order valence-corrected chi connectivity index (χ0v) is 14.4. The number of hydrogen-bond donors (Lipinski definition) is 0. The van der Waals surface area contributed by atoms with Crippen LogP contribution in [0.3, 0.4) is 0 Å². The summed E-state index contributed by atoms with van der Waals surface area (Å²) in [6.07, 6.45) is 0. The molecule has 3 nitrogen and oxygen atoms in total. The maximum absolute atomic E-state index is 13.3. The summed E-state index contributed by atoms with van der Waals surface area (Å²) in [4.78, 5) is 26.1.